The van der Waals surface area contributed by atoms with Crippen molar-refractivity contribution in [3.05, 3.63) is 59.7 Å². The molecular weight excluding hydrogens is 514 g/mol. The Labute approximate surface area is 219 Å². The Bertz CT molecular complexity index is 1270. The van der Waals surface area contributed by atoms with Crippen LogP contribution in [-0.4, -0.2) is 70.2 Å². The Morgan fingerprint density at radius 1 is 0.919 bits per heavy atom. The second-order valence-corrected chi connectivity index (χ2v) is 13.4. The van der Waals surface area contributed by atoms with Crippen molar-refractivity contribution in [3.8, 4) is 0 Å². The SMILES string of the molecule is Cc1ccc(S(=O)(=O)N(CC(=O)NCc2ccc(S(=O)(=O)N3CCOCC3)cc2)C2CCCCC2)cc1. The summed E-state index contributed by atoms with van der Waals surface area (Å²) in [6.07, 6.45) is 4.41. The van der Waals surface area contributed by atoms with Crippen LogP contribution in [0.4, 0.5) is 0 Å². The first-order valence-electron chi connectivity index (χ1n) is 12.7. The first kappa shape index (κ1) is 27.7. The normalized spacial score (nSPS) is 18.1. The summed E-state index contributed by atoms with van der Waals surface area (Å²) in [5.41, 5.74) is 1.68. The van der Waals surface area contributed by atoms with Crippen molar-refractivity contribution in [2.45, 2.75) is 61.4 Å². The number of morpholine rings is 1. The van der Waals surface area contributed by atoms with Crippen LogP contribution in [0.3, 0.4) is 0 Å². The first-order valence-corrected chi connectivity index (χ1v) is 15.6. The summed E-state index contributed by atoms with van der Waals surface area (Å²) < 4.78 is 60.6. The third-order valence-corrected chi connectivity index (χ3v) is 10.8. The molecule has 2 aliphatic rings. The van der Waals surface area contributed by atoms with Gasteiger partial charge in [0.1, 0.15) is 0 Å². The van der Waals surface area contributed by atoms with Crippen LogP contribution in [0.2, 0.25) is 0 Å². The molecule has 0 aromatic heterocycles. The average Bonchev–Trinajstić information content (AvgIpc) is 2.92. The van der Waals surface area contributed by atoms with E-state index in [2.05, 4.69) is 5.32 Å². The Balaban J connectivity index is 1.42. The van der Waals surface area contributed by atoms with E-state index in [9.17, 15) is 21.6 Å². The molecule has 1 aliphatic carbocycles. The van der Waals surface area contributed by atoms with Crippen molar-refractivity contribution in [3.63, 3.8) is 0 Å². The van der Waals surface area contributed by atoms with Gasteiger partial charge in [-0.25, -0.2) is 16.8 Å². The summed E-state index contributed by atoms with van der Waals surface area (Å²) in [4.78, 5) is 13.3. The standard InChI is InChI=1S/C26H35N3O6S2/c1-21-7-11-25(12-8-21)37(33,34)29(23-5-3-2-4-6-23)20-26(30)27-19-22-9-13-24(14-10-22)36(31,32)28-15-17-35-18-16-28/h7-14,23H,2-6,15-20H2,1H3,(H,27,30). The largest absolute Gasteiger partial charge is 0.379 e. The summed E-state index contributed by atoms with van der Waals surface area (Å²) in [5.74, 6) is -0.397. The summed E-state index contributed by atoms with van der Waals surface area (Å²) in [6, 6.07) is 12.9. The molecule has 1 saturated heterocycles. The molecule has 11 heteroatoms. The smallest absolute Gasteiger partial charge is 0.243 e. The van der Waals surface area contributed by atoms with E-state index in [0.717, 1.165) is 43.2 Å². The molecule has 4 rings (SSSR count). The molecule has 0 spiro atoms. The van der Waals surface area contributed by atoms with Crippen LogP contribution in [0.5, 0.6) is 0 Å². The lowest BCUT2D eigenvalue weighted by Gasteiger charge is -2.33. The van der Waals surface area contributed by atoms with Gasteiger partial charge in [0, 0.05) is 25.7 Å². The fraction of sp³-hybridized carbons (Fsp3) is 0.500. The summed E-state index contributed by atoms with van der Waals surface area (Å²) >= 11 is 0. The van der Waals surface area contributed by atoms with Crippen LogP contribution in [0.1, 0.15) is 43.2 Å². The summed E-state index contributed by atoms with van der Waals surface area (Å²) in [7, 11) is -7.43. The third-order valence-electron chi connectivity index (χ3n) is 6.93. The van der Waals surface area contributed by atoms with E-state index in [4.69, 9.17) is 4.74 Å². The van der Waals surface area contributed by atoms with Crippen molar-refractivity contribution in [1.82, 2.24) is 13.9 Å². The number of hydrogen-bond acceptors (Lipinski definition) is 6. The molecule has 0 bridgehead atoms. The highest BCUT2D eigenvalue weighted by Crippen LogP contribution is 2.28. The maximum absolute atomic E-state index is 13.5. The molecule has 1 amide bonds. The Hall–Kier alpha value is -2.31. The van der Waals surface area contributed by atoms with Gasteiger partial charge < -0.3 is 10.1 Å². The number of amides is 1. The summed E-state index contributed by atoms with van der Waals surface area (Å²) in [6.45, 7) is 3.20. The number of nitrogens with zero attached hydrogens (tertiary/aromatic N) is 2. The molecule has 0 radical (unpaired) electrons. The molecule has 1 heterocycles. The highest BCUT2D eigenvalue weighted by atomic mass is 32.2. The molecule has 1 saturated carbocycles. The number of carbonyl (C=O) groups excluding carboxylic acids is 1. The number of ether oxygens (including phenoxy) is 1. The molecule has 0 unspecified atom stereocenters. The maximum Gasteiger partial charge on any atom is 0.243 e. The van der Waals surface area contributed by atoms with Gasteiger partial charge in [-0.2, -0.15) is 8.61 Å². The lowest BCUT2D eigenvalue weighted by Crippen LogP contribution is -2.46. The molecule has 1 aliphatic heterocycles. The number of rotatable bonds is 9. The fourth-order valence-corrected chi connectivity index (χ4v) is 7.79. The Morgan fingerprint density at radius 3 is 2.14 bits per heavy atom. The molecule has 2 aromatic carbocycles. The zero-order valence-electron chi connectivity index (χ0n) is 21.1. The molecule has 2 aromatic rings. The van der Waals surface area contributed by atoms with Crippen molar-refractivity contribution in [1.29, 1.82) is 0 Å². The molecule has 1 N–H and O–H groups in total. The van der Waals surface area contributed by atoms with E-state index in [-0.39, 0.29) is 28.9 Å². The fourth-order valence-electron chi connectivity index (χ4n) is 4.74. The number of nitrogens with one attached hydrogen (secondary N) is 1. The maximum atomic E-state index is 13.5. The quantitative estimate of drug-likeness (QED) is 0.515. The third kappa shape index (κ3) is 6.77. The number of aryl methyl sites for hydroxylation is 1. The van der Waals surface area contributed by atoms with E-state index in [1.807, 2.05) is 6.92 Å². The van der Waals surface area contributed by atoms with Crippen LogP contribution in [0.15, 0.2) is 58.3 Å². The van der Waals surface area contributed by atoms with Gasteiger partial charge in [0.15, 0.2) is 0 Å². The zero-order chi connectivity index (χ0) is 26.5. The van der Waals surface area contributed by atoms with Gasteiger partial charge in [-0.15, -0.1) is 0 Å². The Kier molecular flexibility index (Phi) is 9.02. The van der Waals surface area contributed by atoms with Crippen molar-refractivity contribution in [2.24, 2.45) is 0 Å². The molecule has 0 atom stereocenters. The average molecular weight is 550 g/mol. The number of carbonyl (C=O) groups is 1. The van der Waals surface area contributed by atoms with Gasteiger partial charge in [-0.05, 0) is 49.6 Å². The first-order chi connectivity index (χ1) is 17.7. The molecule has 37 heavy (non-hydrogen) atoms. The molecule has 9 nitrogen and oxygen atoms in total. The van der Waals surface area contributed by atoms with Crippen LogP contribution >= 0.6 is 0 Å². The van der Waals surface area contributed by atoms with Crippen LogP contribution < -0.4 is 5.32 Å². The highest BCUT2D eigenvalue weighted by molar-refractivity contribution is 7.89. The topological polar surface area (TPSA) is 113 Å². The Morgan fingerprint density at radius 2 is 1.51 bits per heavy atom. The van der Waals surface area contributed by atoms with Gasteiger partial charge in [0.2, 0.25) is 26.0 Å². The lowest BCUT2D eigenvalue weighted by atomic mass is 9.95. The monoisotopic (exact) mass is 549 g/mol. The second-order valence-electron chi connectivity index (χ2n) is 9.59. The molecule has 202 valence electrons. The number of benzene rings is 2. The molecule has 2 fully saturated rings. The van der Waals surface area contributed by atoms with E-state index >= 15 is 0 Å². The minimum absolute atomic E-state index is 0.166. The van der Waals surface area contributed by atoms with Crippen LogP contribution in [0, 0.1) is 6.92 Å². The predicted octanol–water partition coefficient (Wildman–Crippen LogP) is 2.66. The van der Waals surface area contributed by atoms with Crippen LogP contribution in [0.25, 0.3) is 0 Å². The van der Waals surface area contributed by atoms with Gasteiger partial charge in [0.25, 0.3) is 0 Å². The van der Waals surface area contributed by atoms with Gasteiger partial charge >= 0.3 is 0 Å². The van der Waals surface area contributed by atoms with Crippen molar-refractivity contribution >= 4 is 26.0 Å². The van der Waals surface area contributed by atoms with E-state index < -0.39 is 26.0 Å². The van der Waals surface area contributed by atoms with Crippen molar-refractivity contribution in [2.75, 3.05) is 32.8 Å². The lowest BCUT2D eigenvalue weighted by molar-refractivity contribution is -0.121. The van der Waals surface area contributed by atoms with Gasteiger partial charge in [0.05, 0.1) is 29.5 Å². The van der Waals surface area contributed by atoms with Crippen molar-refractivity contribution < 1.29 is 26.4 Å². The van der Waals surface area contributed by atoms with Crippen LogP contribution in [-0.2, 0) is 36.1 Å². The minimum atomic E-state index is -3.84. The van der Waals surface area contributed by atoms with E-state index in [0.29, 0.717) is 26.3 Å². The van der Waals surface area contributed by atoms with E-state index in [1.54, 1.807) is 36.4 Å². The van der Waals surface area contributed by atoms with Gasteiger partial charge in [-0.3, -0.25) is 4.79 Å². The zero-order valence-corrected chi connectivity index (χ0v) is 22.8. The minimum Gasteiger partial charge on any atom is -0.379 e. The number of hydrogen-bond donors (Lipinski definition) is 1. The second kappa shape index (κ2) is 12.0. The predicted molar refractivity (Wildman–Crippen MR) is 140 cm³/mol. The van der Waals surface area contributed by atoms with E-state index in [1.165, 1.54) is 20.7 Å². The number of sulfonamides is 2. The summed E-state index contributed by atoms with van der Waals surface area (Å²) in [5, 5.41) is 2.80. The van der Waals surface area contributed by atoms with Gasteiger partial charge in [-0.1, -0.05) is 49.1 Å². The highest BCUT2D eigenvalue weighted by Gasteiger charge is 2.34. The molecular formula is C26H35N3O6S2.